The molecule has 0 aliphatic heterocycles. The maximum atomic E-state index is 11.0. The number of hydrogen-bond acceptors (Lipinski definition) is 3. The quantitative estimate of drug-likeness (QED) is 0.798. The number of benzene rings is 1. The third kappa shape index (κ3) is 2.39. The van der Waals surface area contributed by atoms with E-state index in [1.165, 1.54) is 0 Å². The summed E-state index contributed by atoms with van der Waals surface area (Å²) in [5.74, 6) is -0.175. The van der Waals surface area contributed by atoms with Gasteiger partial charge in [0.25, 0.3) is 0 Å². The van der Waals surface area contributed by atoms with E-state index in [1.54, 1.807) is 16.8 Å². The molecule has 86 valence electrons. The van der Waals surface area contributed by atoms with E-state index in [0.29, 0.717) is 10.2 Å². The summed E-state index contributed by atoms with van der Waals surface area (Å²) in [5, 5.41) is 5.05. The first kappa shape index (κ1) is 11.9. The number of halogens is 2. The predicted octanol–water partition coefficient (Wildman–Crippen LogP) is 2.40. The highest BCUT2D eigenvalue weighted by atomic mass is 79.9. The Bertz CT molecular complexity index is 651. The van der Waals surface area contributed by atoms with Crippen molar-refractivity contribution in [3.05, 3.63) is 28.4 Å². The molecule has 0 fully saturated rings. The van der Waals surface area contributed by atoms with Crippen LogP contribution in [0.25, 0.3) is 10.9 Å². The van der Waals surface area contributed by atoms with E-state index in [9.17, 15) is 8.42 Å². The van der Waals surface area contributed by atoms with Crippen molar-refractivity contribution in [1.82, 2.24) is 9.78 Å². The molecule has 0 amide bonds. The number of rotatable bonds is 2. The average molecular weight is 324 g/mol. The normalized spacial score (nSPS) is 12.2. The van der Waals surface area contributed by atoms with Crippen LogP contribution in [0.4, 0.5) is 0 Å². The molecule has 0 saturated carbocycles. The topological polar surface area (TPSA) is 52.0 Å². The van der Waals surface area contributed by atoms with Gasteiger partial charge in [-0.3, -0.25) is 4.68 Å². The van der Waals surface area contributed by atoms with E-state index in [4.69, 9.17) is 10.7 Å². The van der Waals surface area contributed by atoms with Gasteiger partial charge in [-0.05, 0) is 33.6 Å². The third-order valence-corrected chi connectivity index (χ3v) is 3.80. The van der Waals surface area contributed by atoms with E-state index < -0.39 is 9.05 Å². The van der Waals surface area contributed by atoms with Gasteiger partial charge < -0.3 is 0 Å². The summed E-state index contributed by atoms with van der Waals surface area (Å²) in [5.41, 5.74) is 1.58. The Balaban J connectivity index is 2.56. The lowest BCUT2D eigenvalue weighted by atomic mass is 10.2. The molecule has 0 aliphatic carbocycles. The van der Waals surface area contributed by atoms with Gasteiger partial charge in [-0.2, -0.15) is 5.10 Å². The average Bonchev–Trinajstić information content (AvgIpc) is 2.40. The molecule has 0 radical (unpaired) electrons. The molecule has 4 nitrogen and oxygen atoms in total. The van der Waals surface area contributed by atoms with Crippen LogP contribution in [0.3, 0.4) is 0 Å². The van der Waals surface area contributed by atoms with E-state index in [2.05, 4.69) is 21.0 Å². The van der Waals surface area contributed by atoms with Gasteiger partial charge in [0, 0.05) is 23.1 Å². The van der Waals surface area contributed by atoms with Crippen molar-refractivity contribution in [2.24, 2.45) is 7.05 Å². The molecule has 0 atom stereocenters. The minimum absolute atomic E-state index is 0.175. The Morgan fingerprint density at radius 2 is 2.19 bits per heavy atom. The minimum Gasteiger partial charge on any atom is -0.267 e. The summed E-state index contributed by atoms with van der Waals surface area (Å²) in [4.78, 5) is 0. The molecule has 1 heterocycles. The predicted molar refractivity (Wildman–Crippen MR) is 66.9 cm³/mol. The zero-order chi connectivity index (χ0) is 11.9. The summed E-state index contributed by atoms with van der Waals surface area (Å²) in [6.45, 7) is 0. The monoisotopic (exact) mass is 322 g/mol. The first-order valence-corrected chi connectivity index (χ1v) is 7.67. The number of aryl methyl sites for hydroxylation is 1. The highest BCUT2D eigenvalue weighted by Crippen LogP contribution is 2.24. The second kappa shape index (κ2) is 4.01. The largest absolute Gasteiger partial charge is 0.267 e. The van der Waals surface area contributed by atoms with Crippen LogP contribution in [-0.4, -0.2) is 18.2 Å². The van der Waals surface area contributed by atoms with Gasteiger partial charge in [0.05, 0.1) is 11.3 Å². The van der Waals surface area contributed by atoms with Crippen molar-refractivity contribution in [3.63, 3.8) is 0 Å². The molecule has 0 saturated heterocycles. The highest BCUT2D eigenvalue weighted by molar-refractivity contribution is 9.10. The van der Waals surface area contributed by atoms with Crippen LogP contribution in [-0.2, 0) is 21.9 Å². The van der Waals surface area contributed by atoms with Crippen LogP contribution in [0.2, 0.25) is 0 Å². The molecule has 0 aliphatic rings. The van der Waals surface area contributed by atoms with Crippen molar-refractivity contribution in [3.8, 4) is 0 Å². The second-order valence-electron chi connectivity index (χ2n) is 3.45. The van der Waals surface area contributed by atoms with Crippen molar-refractivity contribution in [2.75, 3.05) is 0 Å². The summed E-state index contributed by atoms with van der Waals surface area (Å²) in [7, 11) is 3.51. The SMILES string of the molecule is Cn1nc(Br)c2cc(CS(=O)(=O)Cl)ccc21. The fraction of sp³-hybridized carbons (Fsp3) is 0.222. The van der Waals surface area contributed by atoms with Gasteiger partial charge in [-0.15, -0.1) is 0 Å². The van der Waals surface area contributed by atoms with Crippen LogP contribution >= 0.6 is 26.6 Å². The molecule has 1 aromatic heterocycles. The summed E-state index contributed by atoms with van der Waals surface area (Å²) < 4.78 is 24.3. The van der Waals surface area contributed by atoms with Crippen LogP contribution in [0.15, 0.2) is 22.8 Å². The minimum atomic E-state index is -3.52. The molecular weight excluding hydrogens is 316 g/mol. The fourth-order valence-corrected chi connectivity index (χ4v) is 3.07. The molecule has 0 unspecified atom stereocenters. The lowest BCUT2D eigenvalue weighted by Crippen LogP contribution is -1.95. The lowest BCUT2D eigenvalue weighted by Gasteiger charge is -1.99. The molecule has 0 spiro atoms. The van der Waals surface area contributed by atoms with Crippen molar-refractivity contribution >= 4 is 46.6 Å². The van der Waals surface area contributed by atoms with Crippen molar-refractivity contribution in [1.29, 1.82) is 0 Å². The Kier molecular flexibility index (Phi) is 2.98. The molecule has 16 heavy (non-hydrogen) atoms. The number of aromatic nitrogens is 2. The molecule has 0 N–H and O–H groups in total. The maximum Gasteiger partial charge on any atom is 0.236 e. The van der Waals surface area contributed by atoms with E-state index in [1.807, 2.05) is 13.1 Å². The number of nitrogens with zero attached hydrogens (tertiary/aromatic N) is 2. The summed E-state index contributed by atoms with van der Waals surface area (Å²) >= 11 is 3.32. The smallest absolute Gasteiger partial charge is 0.236 e. The number of fused-ring (bicyclic) bond motifs is 1. The molecule has 2 rings (SSSR count). The second-order valence-corrected chi connectivity index (χ2v) is 6.98. The zero-order valence-corrected chi connectivity index (χ0v) is 11.5. The molecule has 0 bridgehead atoms. The molecule has 7 heteroatoms. The van der Waals surface area contributed by atoms with Gasteiger partial charge in [0.1, 0.15) is 4.60 Å². The maximum absolute atomic E-state index is 11.0. The lowest BCUT2D eigenvalue weighted by molar-refractivity contribution is 0.609. The molecule has 1 aromatic carbocycles. The van der Waals surface area contributed by atoms with E-state index in [-0.39, 0.29) is 5.75 Å². The van der Waals surface area contributed by atoms with Gasteiger partial charge in [-0.1, -0.05) is 6.07 Å². The van der Waals surface area contributed by atoms with Crippen LogP contribution in [0.5, 0.6) is 0 Å². The molecular formula is C9H8BrClN2O2S. The Morgan fingerprint density at radius 3 is 2.81 bits per heavy atom. The zero-order valence-electron chi connectivity index (χ0n) is 8.31. The van der Waals surface area contributed by atoms with Crippen LogP contribution in [0, 0.1) is 0 Å². The van der Waals surface area contributed by atoms with Crippen molar-refractivity contribution < 1.29 is 8.42 Å². The Hall–Kier alpha value is -0.590. The van der Waals surface area contributed by atoms with E-state index >= 15 is 0 Å². The fourth-order valence-electron chi connectivity index (χ4n) is 1.56. The van der Waals surface area contributed by atoms with Crippen molar-refractivity contribution in [2.45, 2.75) is 5.75 Å². The molecule has 2 aromatic rings. The third-order valence-electron chi connectivity index (χ3n) is 2.21. The Morgan fingerprint density at radius 1 is 1.50 bits per heavy atom. The van der Waals surface area contributed by atoms with Crippen LogP contribution in [0.1, 0.15) is 5.56 Å². The summed E-state index contributed by atoms with van der Waals surface area (Å²) in [6.07, 6.45) is 0. The van der Waals surface area contributed by atoms with Gasteiger partial charge in [0.2, 0.25) is 9.05 Å². The first-order chi connectivity index (χ1) is 7.37. The van der Waals surface area contributed by atoms with E-state index in [0.717, 1.165) is 10.9 Å². The summed E-state index contributed by atoms with van der Waals surface area (Å²) in [6, 6.07) is 5.33. The first-order valence-electron chi connectivity index (χ1n) is 4.40. The van der Waals surface area contributed by atoms with Gasteiger partial charge in [0.15, 0.2) is 0 Å². The standard InChI is InChI=1S/C9H8BrClN2O2S/c1-13-8-3-2-6(5-16(11,14)15)4-7(8)9(10)12-13/h2-4H,5H2,1H3. The highest BCUT2D eigenvalue weighted by Gasteiger charge is 2.11. The van der Waals surface area contributed by atoms with Crippen LogP contribution < -0.4 is 0 Å². The Labute approximate surface area is 106 Å². The van der Waals surface area contributed by atoms with Gasteiger partial charge in [-0.25, -0.2) is 8.42 Å². The van der Waals surface area contributed by atoms with Gasteiger partial charge >= 0.3 is 0 Å². The number of hydrogen-bond donors (Lipinski definition) is 0.